The molecule has 1 saturated carbocycles. The van der Waals surface area contributed by atoms with Crippen LogP contribution < -0.4 is 5.73 Å². The summed E-state index contributed by atoms with van der Waals surface area (Å²) < 4.78 is 1.16. The van der Waals surface area contributed by atoms with Crippen LogP contribution in [0.4, 0.5) is 0 Å². The minimum atomic E-state index is 0.192. The molecule has 0 saturated heterocycles. The molecule has 0 heterocycles. The number of benzene rings is 1. The Balaban J connectivity index is 2.07. The van der Waals surface area contributed by atoms with Gasteiger partial charge in [0.15, 0.2) is 0 Å². The molecular weight excluding hydrogens is 262 g/mol. The maximum Gasteiger partial charge on any atom is 0.0308 e. The van der Waals surface area contributed by atoms with E-state index >= 15 is 0 Å². The topological polar surface area (TPSA) is 26.0 Å². The number of hydrogen-bond acceptors (Lipinski definition) is 1. The average molecular weight is 282 g/mol. The molecule has 0 spiro atoms. The first-order chi connectivity index (χ1) is 7.66. The van der Waals surface area contributed by atoms with Crippen LogP contribution in [0, 0.1) is 12.8 Å². The van der Waals surface area contributed by atoms with E-state index in [0.717, 1.165) is 16.8 Å². The van der Waals surface area contributed by atoms with Gasteiger partial charge < -0.3 is 5.73 Å². The van der Waals surface area contributed by atoms with Crippen molar-refractivity contribution in [2.24, 2.45) is 11.7 Å². The Morgan fingerprint density at radius 1 is 1.38 bits per heavy atom. The SMILES string of the molecule is Cc1ccc(Br)c(C(N)CC2CCCC2)c1. The molecule has 1 fully saturated rings. The Morgan fingerprint density at radius 3 is 2.75 bits per heavy atom. The van der Waals surface area contributed by atoms with Crippen LogP contribution in [0.25, 0.3) is 0 Å². The molecule has 2 rings (SSSR count). The Morgan fingerprint density at radius 2 is 2.06 bits per heavy atom. The third kappa shape index (κ3) is 2.86. The Hall–Kier alpha value is -0.340. The smallest absolute Gasteiger partial charge is 0.0308 e. The number of hydrogen-bond donors (Lipinski definition) is 1. The van der Waals surface area contributed by atoms with E-state index in [4.69, 9.17) is 5.73 Å². The van der Waals surface area contributed by atoms with Crippen LogP contribution in [0.3, 0.4) is 0 Å². The molecule has 2 N–H and O–H groups in total. The van der Waals surface area contributed by atoms with Gasteiger partial charge in [0, 0.05) is 10.5 Å². The number of rotatable bonds is 3. The second kappa shape index (κ2) is 5.33. The van der Waals surface area contributed by atoms with E-state index in [2.05, 4.69) is 41.1 Å². The van der Waals surface area contributed by atoms with Crippen molar-refractivity contribution in [3.8, 4) is 0 Å². The van der Waals surface area contributed by atoms with E-state index in [1.807, 2.05) is 0 Å². The van der Waals surface area contributed by atoms with Crippen LogP contribution in [0.15, 0.2) is 22.7 Å². The molecule has 88 valence electrons. The maximum absolute atomic E-state index is 6.31. The third-order valence-corrected chi connectivity index (χ3v) is 4.34. The lowest BCUT2D eigenvalue weighted by Gasteiger charge is -2.18. The lowest BCUT2D eigenvalue weighted by Crippen LogP contribution is -2.14. The van der Waals surface area contributed by atoms with E-state index in [0.29, 0.717) is 0 Å². The van der Waals surface area contributed by atoms with Gasteiger partial charge in [0.2, 0.25) is 0 Å². The Labute approximate surface area is 107 Å². The van der Waals surface area contributed by atoms with E-state index in [1.54, 1.807) is 0 Å². The molecule has 2 heteroatoms. The molecular formula is C14H20BrN. The van der Waals surface area contributed by atoms with Gasteiger partial charge in [-0.1, -0.05) is 59.3 Å². The molecule has 0 radical (unpaired) electrons. The zero-order chi connectivity index (χ0) is 11.5. The van der Waals surface area contributed by atoms with Gasteiger partial charge >= 0.3 is 0 Å². The summed E-state index contributed by atoms with van der Waals surface area (Å²) in [6.45, 7) is 2.12. The van der Waals surface area contributed by atoms with Crippen LogP contribution in [0.2, 0.25) is 0 Å². The molecule has 0 amide bonds. The number of nitrogens with two attached hydrogens (primary N) is 1. The normalized spacial score (nSPS) is 18.9. The molecule has 0 bridgehead atoms. The van der Waals surface area contributed by atoms with Crippen molar-refractivity contribution >= 4 is 15.9 Å². The predicted octanol–water partition coefficient (Wildman–Crippen LogP) is 4.34. The second-order valence-corrected chi connectivity index (χ2v) is 5.87. The van der Waals surface area contributed by atoms with Crippen molar-refractivity contribution in [2.45, 2.75) is 45.1 Å². The zero-order valence-electron chi connectivity index (χ0n) is 9.88. The van der Waals surface area contributed by atoms with Crippen molar-refractivity contribution in [3.05, 3.63) is 33.8 Å². The molecule has 1 aliphatic carbocycles. The molecule has 0 aromatic heterocycles. The zero-order valence-corrected chi connectivity index (χ0v) is 11.5. The van der Waals surface area contributed by atoms with Crippen molar-refractivity contribution in [1.29, 1.82) is 0 Å². The molecule has 1 unspecified atom stereocenters. The molecule has 1 aromatic rings. The highest BCUT2D eigenvalue weighted by molar-refractivity contribution is 9.10. The predicted molar refractivity (Wildman–Crippen MR) is 72.4 cm³/mol. The van der Waals surface area contributed by atoms with Gasteiger partial charge in [-0.25, -0.2) is 0 Å². The van der Waals surface area contributed by atoms with Crippen LogP contribution in [-0.2, 0) is 0 Å². The van der Waals surface area contributed by atoms with Gasteiger partial charge in [-0.15, -0.1) is 0 Å². The summed E-state index contributed by atoms with van der Waals surface area (Å²) in [7, 11) is 0. The summed E-state index contributed by atoms with van der Waals surface area (Å²) in [5.74, 6) is 0.849. The molecule has 1 aromatic carbocycles. The molecule has 16 heavy (non-hydrogen) atoms. The fourth-order valence-electron chi connectivity index (χ4n) is 2.68. The molecule has 0 aliphatic heterocycles. The van der Waals surface area contributed by atoms with Crippen LogP contribution in [0.5, 0.6) is 0 Å². The fraction of sp³-hybridized carbons (Fsp3) is 0.571. The summed E-state index contributed by atoms with van der Waals surface area (Å²) >= 11 is 3.60. The van der Waals surface area contributed by atoms with Crippen LogP contribution in [0.1, 0.15) is 49.3 Å². The highest BCUT2D eigenvalue weighted by atomic mass is 79.9. The van der Waals surface area contributed by atoms with Crippen molar-refractivity contribution in [1.82, 2.24) is 0 Å². The van der Waals surface area contributed by atoms with E-state index in [-0.39, 0.29) is 6.04 Å². The lowest BCUT2D eigenvalue weighted by atomic mass is 9.93. The van der Waals surface area contributed by atoms with Gasteiger partial charge in [0.25, 0.3) is 0 Å². The average Bonchev–Trinajstić information content (AvgIpc) is 2.74. The van der Waals surface area contributed by atoms with Gasteiger partial charge in [0.05, 0.1) is 0 Å². The van der Waals surface area contributed by atoms with Crippen molar-refractivity contribution < 1.29 is 0 Å². The number of halogens is 1. The summed E-state index contributed by atoms with van der Waals surface area (Å²) in [4.78, 5) is 0. The lowest BCUT2D eigenvalue weighted by molar-refractivity contribution is 0.450. The first-order valence-electron chi connectivity index (χ1n) is 6.18. The monoisotopic (exact) mass is 281 g/mol. The van der Waals surface area contributed by atoms with Crippen molar-refractivity contribution in [3.63, 3.8) is 0 Å². The van der Waals surface area contributed by atoms with Crippen LogP contribution in [-0.4, -0.2) is 0 Å². The largest absolute Gasteiger partial charge is 0.324 e. The summed E-state index contributed by atoms with van der Waals surface area (Å²) in [5, 5.41) is 0. The minimum Gasteiger partial charge on any atom is -0.324 e. The van der Waals surface area contributed by atoms with Gasteiger partial charge in [-0.05, 0) is 30.9 Å². The fourth-order valence-corrected chi connectivity index (χ4v) is 3.22. The Kier molecular flexibility index (Phi) is 4.04. The molecule has 1 atom stereocenters. The van der Waals surface area contributed by atoms with Gasteiger partial charge in [-0.3, -0.25) is 0 Å². The second-order valence-electron chi connectivity index (χ2n) is 5.02. The van der Waals surface area contributed by atoms with E-state index in [9.17, 15) is 0 Å². The van der Waals surface area contributed by atoms with E-state index in [1.165, 1.54) is 36.8 Å². The summed E-state index contributed by atoms with van der Waals surface area (Å²) in [5.41, 5.74) is 8.88. The van der Waals surface area contributed by atoms with Crippen molar-refractivity contribution in [2.75, 3.05) is 0 Å². The summed E-state index contributed by atoms with van der Waals surface area (Å²) in [6, 6.07) is 6.64. The first kappa shape index (κ1) is 12.1. The van der Waals surface area contributed by atoms with Crippen LogP contribution >= 0.6 is 15.9 Å². The van der Waals surface area contributed by atoms with Gasteiger partial charge in [0.1, 0.15) is 0 Å². The third-order valence-electron chi connectivity index (χ3n) is 3.61. The maximum atomic E-state index is 6.31. The Bertz CT molecular complexity index is 356. The van der Waals surface area contributed by atoms with E-state index < -0.39 is 0 Å². The highest BCUT2D eigenvalue weighted by Crippen LogP contribution is 2.34. The quantitative estimate of drug-likeness (QED) is 0.877. The number of aryl methyl sites for hydroxylation is 1. The molecule has 1 nitrogen and oxygen atoms in total. The standard InChI is InChI=1S/C14H20BrN/c1-10-6-7-13(15)12(8-10)14(16)9-11-4-2-3-5-11/h6-8,11,14H,2-5,9,16H2,1H3. The first-order valence-corrected chi connectivity index (χ1v) is 6.98. The minimum absolute atomic E-state index is 0.192. The summed E-state index contributed by atoms with van der Waals surface area (Å²) in [6.07, 6.45) is 6.68. The highest BCUT2D eigenvalue weighted by Gasteiger charge is 2.20. The van der Waals surface area contributed by atoms with Gasteiger partial charge in [-0.2, -0.15) is 0 Å². The molecule has 1 aliphatic rings.